The molecule has 6 nitrogen and oxygen atoms in total. The van der Waals surface area contributed by atoms with Gasteiger partial charge in [-0.05, 0) is 44.7 Å². The maximum absolute atomic E-state index is 12.8. The second-order valence-electron chi connectivity index (χ2n) is 6.54. The van der Waals surface area contributed by atoms with Gasteiger partial charge in [0, 0.05) is 12.5 Å². The fourth-order valence-electron chi connectivity index (χ4n) is 4.01. The van der Waals surface area contributed by atoms with Gasteiger partial charge in [0.25, 0.3) is 0 Å². The number of ether oxygens (including phenoxy) is 1. The van der Waals surface area contributed by atoms with Gasteiger partial charge in [-0.1, -0.05) is 0 Å². The predicted octanol–water partition coefficient (Wildman–Crippen LogP) is 0.324. The van der Waals surface area contributed by atoms with Gasteiger partial charge in [-0.25, -0.2) is 0 Å². The Bertz CT molecular complexity index is 433. The summed E-state index contributed by atoms with van der Waals surface area (Å²) in [5.74, 6) is -1.22. The zero-order chi connectivity index (χ0) is 15.0. The van der Waals surface area contributed by atoms with Gasteiger partial charge in [-0.15, -0.1) is 0 Å². The van der Waals surface area contributed by atoms with Crippen LogP contribution in [-0.2, 0) is 14.3 Å². The average Bonchev–Trinajstić information content (AvgIpc) is 2.95. The molecule has 3 unspecified atom stereocenters. The van der Waals surface area contributed by atoms with Crippen LogP contribution >= 0.6 is 0 Å². The minimum Gasteiger partial charge on any atom is -0.481 e. The van der Waals surface area contributed by atoms with Crippen molar-refractivity contribution in [2.75, 3.05) is 32.8 Å². The summed E-state index contributed by atoms with van der Waals surface area (Å²) >= 11 is 0. The summed E-state index contributed by atoms with van der Waals surface area (Å²) < 4.78 is 5.32. The van der Waals surface area contributed by atoms with Gasteiger partial charge in [0.15, 0.2) is 0 Å². The first-order valence-electron chi connectivity index (χ1n) is 7.91. The molecular weight excluding hydrogens is 272 g/mol. The molecule has 2 N–H and O–H groups in total. The first kappa shape index (κ1) is 14.8. The van der Waals surface area contributed by atoms with Crippen molar-refractivity contribution in [3.63, 3.8) is 0 Å². The van der Waals surface area contributed by atoms with Crippen LogP contribution in [0.2, 0.25) is 0 Å². The fraction of sp³-hybridized carbons (Fsp3) is 0.867. The largest absolute Gasteiger partial charge is 0.481 e. The predicted molar refractivity (Wildman–Crippen MR) is 75.8 cm³/mol. The van der Waals surface area contributed by atoms with Gasteiger partial charge in [0.2, 0.25) is 5.91 Å². The number of nitrogens with one attached hydrogen (secondary N) is 1. The Morgan fingerprint density at radius 2 is 2.05 bits per heavy atom. The molecule has 2 aliphatic heterocycles. The molecule has 0 aromatic carbocycles. The van der Waals surface area contributed by atoms with E-state index >= 15 is 0 Å². The lowest BCUT2D eigenvalue weighted by atomic mass is 9.91. The average molecular weight is 296 g/mol. The fourth-order valence-corrected chi connectivity index (χ4v) is 4.01. The summed E-state index contributed by atoms with van der Waals surface area (Å²) in [5, 5.41) is 12.6. The van der Waals surface area contributed by atoms with Crippen molar-refractivity contribution < 1.29 is 19.4 Å². The number of nitrogens with zero attached hydrogens (tertiary/aromatic N) is 1. The molecule has 3 fully saturated rings. The van der Waals surface area contributed by atoms with Gasteiger partial charge < -0.3 is 20.1 Å². The molecule has 0 bridgehead atoms. The summed E-state index contributed by atoms with van der Waals surface area (Å²) in [5.41, 5.74) is 0.188. The van der Waals surface area contributed by atoms with Crippen LogP contribution in [0.1, 0.15) is 26.2 Å². The third kappa shape index (κ3) is 2.55. The highest BCUT2D eigenvalue weighted by molar-refractivity contribution is 5.84. The van der Waals surface area contributed by atoms with E-state index in [2.05, 4.69) is 5.32 Å². The van der Waals surface area contributed by atoms with E-state index in [1.807, 2.05) is 6.92 Å². The smallest absolute Gasteiger partial charge is 0.311 e. The number of hydrogen-bond acceptors (Lipinski definition) is 4. The maximum Gasteiger partial charge on any atom is 0.311 e. The van der Waals surface area contributed by atoms with Crippen LogP contribution < -0.4 is 5.32 Å². The number of carbonyl (C=O) groups excluding carboxylic acids is 1. The minimum absolute atomic E-state index is 0.0922. The van der Waals surface area contributed by atoms with Crippen molar-refractivity contribution in [2.45, 2.75) is 32.2 Å². The van der Waals surface area contributed by atoms with Crippen LogP contribution in [0, 0.1) is 17.3 Å². The second-order valence-corrected chi connectivity index (χ2v) is 6.54. The van der Waals surface area contributed by atoms with Crippen LogP contribution in [0.3, 0.4) is 0 Å². The van der Waals surface area contributed by atoms with Crippen LogP contribution in [0.15, 0.2) is 0 Å². The van der Waals surface area contributed by atoms with E-state index in [9.17, 15) is 14.7 Å². The molecule has 118 valence electrons. The van der Waals surface area contributed by atoms with Crippen molar-refractivity contribution in [1.82, 2.24) is 10.2 Å². The lowest BCUT2D eigenvalue weighted by molar-refractivity contribution is -0.145. The van der Waals surface area contributed by atoms with E-state index in [0.29, 0.717) is 13.2 Å². The zero-order valence-electron chi connectivity index (χ0n) is 12.5. The summed E-state index contributed by atoms with van der Waals surface area (Å²) in [4.78, 5) is 25.9. The molecule has 1 amide bonds. The Labute approximate surface area is 124 Å². The molecule has 21 heavy (non-hydrogen) atoms. The number of amides is 1. The Balaban J connectivity index is 1.69. The number of likely N-dealkylation sites (N-methyl/N-ethyl adjacent to an activating group) is 1. The third-order valence-corrected chi connectivity index (χ3v) is 5.48. The summed E-state index contributed by atoms with van der Waals surface area (Å²) in [6.45, 7) is 5.01. The molecular formula is C15H24N2O4. The summed E-state index contributed by atoms with van der Waals surface area (Å²) in [6, 6.07) is -0.306. The Morgan fingerprint density at radius 3 is 2.67 bits per heavy atom. The van der Waals surface area contributed by atoms with Crippen molar-refractivity contribution in [2.24, 2.45) is 17.3 Å². The van der Waals surface area contributed by atoms with E-state index in [-0.39, 0.29) is 29.9 Å². The van der Waals surface area contributed by atoms with Crippen molar-refractivity contribution in [1.29, 1.82) is 0 Å². The molecule has 1 saturated carbocycles. The molecule has 2 heterocycles. The molecule has 0 aromatic rings. The van der Waals surface area contributed by atoms with E-state index in [0.717, 1.165) is 32.4 Å². The number of aliphatic carboxylic acids is 1. The molecule has 1 spiro atoms. The standard InChI is InChI=1S/C15H24N2O4/c1-2-17(12-9-21-8-10(12)14(19)20)13(18)11-7-15(11)3-5-16-6-4-15/h10-12,16H,2-9H2,1H3,(H,19,20). The zero-order valence-corrected chi connectivity index (χ0v) is 12.5. The highest BCUT2D eigenvalue weighted by atomic mass is 16.5. The molecule has 3 aliphatic rings. The van der Waals surface area contributed by atoms with Crippen molar-refractivity contribution in [3.05, 3.63) is 0 Å². The van der Waals surface area contributed by atoms with Crippen LogP contribution in [0.25, 0.3) is 0 Å². The number of piperidine rings is 1. The van der Waals surface area contributed by atoms with Crippen molar-refractivity contribution >= 4 is 11.9 Å². The van der Waals surface area contributed by atoms with Gasteiger partial charge >= 0.3 is 5.97 Å². The molecule has 0 aromatic heterocycles. The summed E-state index contributed by atoms with van der Waals surface area (Å²) in [7, 11) is 0. The lowest BCUT2D eigenvalue weighted by Gasteiger charge is -2.31. The van der Waals surface area contributed by atoms with Crippen LogP contribution in [-0.4, -0.2) is 60.8 Å². The highest BCUT2D eigenvalue weighted by Gasteiger charge is 2.59. The number of hydrogen-bond donors (Lipinski definition) is 2. The van der Waals surface area contributed by atoms with Gasteiger partial charge in [-0.2, -0.15) is 0 Å². The highest BCUT2D eigenvalue weighted by Crippen LogP contribution is 2.59. The van der Waals surface area contributed by atoms with Gasteiger partial charge in [0.05, 0.1) is 19.3 Å². The first-order valence-corrected chi connectivity index (χ1v) is 7.91. The first-order chi connectivity index (χ1) is 10.1. The SMILES string of the molecule is CCN(C(=O)C1CC12CCNCC2)C1COCC1C(=O)O. The maximum atomic E-state index is 12.8. The molecule has 0 radical (unpaired) electrons. The van der Waals surface area contributed by atoms with E-state index in [1.54, 1.807) is 4.90 Å². The summed E-state index contributed by atoms with van der Waals surface area (Å²) in [6.07, 6.45) is 3.09. The van der Waals surface area contributed by atoms with Crippen LogP contribution in [0.4, 0.5) is 0 Å². The molecule has 3 atom stereocenters. The van der Waals surface area contributed by atoms with E-state index in [1.165, 1.54) is 0 Å². The third-order valence-electron chi connectivity index (χ3n) is 5.48. The Hall–Kier alpha value is -1.14. The Morgan fingerprint density at radius 1 is 1.33 bits per heavy atom. The lowest BCUT2D eigenvalue weighted by Crippen LogP contribution is -2.48. The topological polar surface area (TPSA) is 78.9 Å². The number of carbonyl (C=O) groups is 2. The number of carboxylic acids is 1. The Kier molecular flexibility index (Phi) is 3.92. The van der Waals surface area contributed by atoms with Crippen molar-refractivity contribution in [3.8, 4) is 0 Å². The molecule has 1 aliphatic carbocycles. The number of rotatable bonds is 4. The van der Waals surface area contributed by atoms with Gasteiger partial charge in [0.1, 0.15) is 5.92 Å². The molecule has 2 saturated heterocycles. The quantitative estimate of drug-likeness (QED) is 0.781. The van der Waals surface area contributed by atoms with Gasteiger partial charge in [-0.3, -0.25) is 9.59 Å². The number of carboxylic acid groups (broad SMARTS) is 1. The molecule has 3 rings (SSSR count). The normalized spacial score (nSPS) is 33.9. The van der Waals surface area contributed by atoms with Crippen LogP contribution in [0.5, 0.6) is 0 Å². The molecule has 6 heteroatoms. The van der Waals surface area contributed by atoms with E-state index in [4.69, 9.17) is 4.74 Å². The monoisotopic (exact) mass is 296 g/mol. The minimum atomic E-state index is -0.865. The van der Waals surface area contributed by atoms with E-state index < -0.39 is 11.9 Å². The second kappa shape index (κ2) is 5.57.